The molecule has 0 bridgehead atoms. The Morgan fingerprint density at radius 1 is 1.04 bits per heavy atom. The molecule has 0 aliphatic heterocycles. The van der Waals surface area contributed by atoms with Crippen LogP contribution in [-0.2, 0) is 0 Å². The number of halogens is 6. The molecule has 140 valence electrons. The molecule has 9 heteroatoms. The molecule has 0 radical (unpaired) electrons. The first-order valence-electron chi connectivity index (χ1n) is 7.59. The third-order valence-corrected chi connectivity index (χ3v) is 4.15. The number of rotatable bonds is 4. The van der Waals surface area contributed by atoms with E-state index in [1.165, 1.54) is 53.7 Å². The lowest BCUT2D eigenvalue weighted by Gasteiger charge is -2.18. The molecular formula is C18H11Cl2F4N3. The van der Waals surface area contributed by atoms with E-state index >= 15 is 0 Å². The quantitative estimate of drug-likeness (QED) is 0.484. The normalized spacial score (nSPS) is 13.3. The van der Waals surface area contributed by atoms with Crippen LogP contribution in [-0.4, -0.2) is 20.9 Å². The van der Waals surface area contributed by atoms with Crippen LogP contribution in [0.25, 0.3) is 11.8 Å². The summed E-state index contributed by atoms with van der Waals surface area (Å²) in [6.45, 7) is 0. The Hall–Kier alpha value is -2.38. The monoisotopic (exact) mass is 415 g/mol. The smallest absolute Gasteiger partial charge is 0.223 e. The van der Waals surface area contributed by atoms with Crippen molar-refractivity contribution in [2.24, 2.45) is 0 Å². The highest BCUT2D eigenvalue weighted by atomic mass is 35.5. The maximum absolute atomic E-state index is 14.2. The number of benzene rings is 2. The standard InChI is InChI=1S/C18H11Cl2F4N3/c19-13-6-12(7-14(20)8-13)15(18(22,23)24)3-1-11-2-4-17(16(21)5-11)27-10-25-9-26-27/h1-10,15H. The Labute approximate surface area is 161 Å². The molecule has 3 aromatic rings. The van der Waals surface area contributed by atoms with Crippen molar-refractivity contribution in [3.63, 3.8) is 0 Å². The van der Waals surface area contributed by atoms with E-state index in [4.69, 9.17) is 23.2 Å². The predicted molar refractivity (Wildman–Crippen MR) is 95.6 cm³/mol. The van der Waals surface area contributed by atoms with Gasteiger partial charge < -0.3 is 0 Å². The van der Waals surface area contributed by atoms with Crippen LogP contribution in [0.3, 0.4) is 0 Å². The molecule has 3 rings (SSSR count). The first kappa shape index (κ1) is 19.4. The highest BCUT2D eigenvalue weighted by Gasteiger charge is 2.39. The molecule has 2 aromatic carbocycles. The van der Waals surface area contributed by atoms with Gasteiger partial charge in [0.1, 0.15) is 24.2 Å². The fourth-order valence-corrected chi connectivity index (χ4v) is 3.06. The van der Waals surface area contributed by atoms with E-state index in [0.717, 1.165) is 12.1 Å². The Kier molecular flexibility index (Phi) is 5.53. The van der Waals surface area contributed by atoms with Crippen LogP contribution in [0.5, 0.6) is 0 Å². The highest BCUT2D eigenvalue weighted by Crippen LogP contribution is 2.38. The zero-order valence-corrected chi connectivity index (χ0v) is 15.0. The van der Waals surface area contributed by atoms with Gasteiger partial charge in [-0.25, -0.2) is 14.1 Å². The number of alkyl halides is 3. The minimum Gasteiger partial charge on any atom is -0.223 e. The van der Waals surface area contributed by atoms with Crippen LogP contribution in [0.15, 0.2) is 55.1 Å². The number of hydrogen-bond donors (Lipinski definition) is 0. The van der Waals surface area contributed by atoms with E-state index in [1.54, 1.807) is 0 Å². The number of aromatic nitrogens is 3. The van der Waals surface area contributed by atoms with E-state index in [1.807, 2.05) is 0 Å². The minimum absolute atomic E-state index is 0.100. The van der Waals surface area contributed by atoms with E-state index in [-0.39, 0.29) is 26.9 Å². The average Bonchev–Trinajstić information content (AvgIpc) is 3.07. The van der Waals surface area contributed by atoms with E-state index in [9.17, 15) is 17.6 Å². The van der Waals surface area contributed by atoms with Crippen molar-refractivity contribution in [3.05, 3.63) is 82.1 Å². The summed E-state index contributed by atoms with van der Waals surface area (Å²) in [7, 11) is 0. The SMILES string of the molecule is Fc1cc(C=CC(c2cc(Cl)cc(Cl)c2)C(F)(F)F)ccc1-n1cncn1. The molecule has 1 heterocycles. The fraction of sp³-hybridized carbons (Fsp3) is 0.111. The molecule has 0 N–H and O–H groups in total. The van der Waals surface area contributed by atoms with Gasteiger partial charge >= 0.3 is 6.18 Å². The van der Waals surface area contributed by atoms with E-state index < -0.39 is 17.9 Å². The van der Waals surface area contributed by atoms with Gasteiger partial charge in [0.2, 0.25) is 0 Å². The van der Waals surface area contributed by atoms with Crippen molar-refractivity contribution in [2.75, 3.05) is 0 Å². The van der Waals surface area contributed by atoms with Crippen molar-refractivity contribution in [1.82, 2.24) is 14.8 Å². The molecule has 0 amide bonds. The molecule has 0 aliphatic carbocycles. The van der Waals surface area contributed by atoms with Crippen LogP contribution in [0.2, 0.25) is 10.0 Å². The molecule has 0 saturated heterocycles. The molecule has 0 spiro atoms. The Balaban J connectivity index is 1.92. The lowest BCUT2D eigenvalue weighted by Crippen LogP contribution is -2.18. The molecule has 1 atom stereocenters. The lowest BCUT2D eigenvalue weighted by atomic mass is 9.97. The summed E-state index contributed by atoms with van der Waals surface area (Å²) < 4.78 is 55.9. The second-order valence-corrected chi connectivity index (χ2v) is 6.50. The van der Waals surface area contributed by atoms with Crippen LogP contribution in [0.1, 0.15) is 17.0 Å². The van der Waals surface area contributed by atoms with E-state index in [0.29, 0.717) is 0 Å². The maximum Gasteiger partial charge on any atom is 0.399 e. The molecule has 27 heavy (non-hydrogen) atoms. The van der Waals surface area contributed by atoms with Gasteiger partial charge in [-0.05, 0) is 41.5 Å². The van der Waals surface area contributed by atoms with Gasteiger partial charge in [-0.2, -0.15) is 18.3 Å². The van der Waals surface area contributed by atoms with Gasteiger partial charge in [0.15, 0.2) is 0 Å². The number of nitrogens with zero attached hydrogens (tertiary/aromatic N) is 3. The van der Waals surface area contributed by atoms with Gasteiger partial charge in [-0.1, -0.05) is 41.4 Å². The number of allylic oxidation sites excluding steroid dienone is 1. The first-order chi connectivity index (χ1) is 12.7. The van der Waals surface area contributed by atoms with Crippen LogP contribution >= 0.6 is 23.2 Å². The molecule has 0 saturated carbocycles. The summed E-state index contributed by atoms with van der Waals surface area (Å²) in [5.41, 5.74) is 0.299. The topological polar surface area (TPSA) is 30.7 Å². The second-order valence-electron chi connectivity index (χ2n) is 5.63. The molecule has 0 aliphatic rings. The van der Waals surface area contributed by atoms with Crippen molar-refractivity contribution < 1.29 is 17.6 Å². The molecule has 1 unspecified atom stereocenters. The molecular weight excluding hydrogens is 405 g/mol. The van der Waals surface area contributed by atoms with Gasteiger partial charge in [0, 0.05) is 10.0 Å². The zero-order valence-electron chi connectivity index (χ0n) is 13.5. The Morgan fingerprint density at radius 3 is 2.30 bits per heavy atom. The second kappa shape index (κ2) is 7.70. The minimum atomic E-state index is -4.57. The first-order valence-corrected chi connectivity index (χ1v) is 8.35. The summed E-state index contributed by atoms with van der Waals surface area (Å²) >= 11 is 11.6. The predicted octanol–water partition coefficient (Wildman–Crippen LogP) is 6.07. The van der Waals surface area contributed by atoms with Gasteiger partial charge in [0.05, 0.1) is 5.92 Å². The largest absolute Gasteiger partial charge is 0.399 e. The summed E-state index contributed by atoms with van der Waals surface area (Å²) in [5, 5.41) is 4.01. The summed E-state index contributed by atoms with van der Waals surface area (Å²) in [6.07, 6.45) is 0.130. The third kappa shape index (κ3) is 4.67. The highest BCUT2D eigenvalue weighted by molar-refractivity contribution is 6.34. The average molecular weight is 416 g/mol. The molecule has 0 fully saturated rings. The summed E-state index contributed by atoms with van der Waals surface area (Å²) in [6, 6.07) is 7.75. The lowest BCUT2D eigenvalue weighted by molar-refractivity contribution is -0.139. The third-order valence-electron chi connectivity index (χ3n) is 3.72. The molecule has 1 aromatic heterocycles. The maximum atomic E-state index is 14.2. The molecule has 3 nitrogen and oxygen atoms in total. The van der Waals surface area contributed by atoms with Crippen LogP contribution in [0, 0.1) is 5.82 Å². The van der Waals surface area contributed by atoms with Gasteiger partial charge in [0.25, 0.3) is 0 Å². The van der Waals surface area contributed by atoms with Crippen molar-refractivity contribution in [1.29, 1.82) is 0 Å². The summed E-state index contributed by atoms with van der Waals surface area (Å²) in [5.74, 6) is -2.58. The zero-order chi connectivity index (χ0) is 19.6. The van der Waals surface area contributed by atoms with Gasteiger partial charge in [-0.15, -0.1) is 0 Å². The van der Waals surface area contributed by atoms with Crippen molar-refractivity contribution in [3.8, 4) is 5.69 Å². The van der Waals surface area contributed by atoms with Crippen LogP contribution < -0.4 is 0 Å². The summed E-state index contributed by atoms with van der Waals surface area (Å²) in [4.78, 5) is 3.72. The Morgan fingerprint density at radius 2 is 1.74 bits per heavy atom. The fourth-order valence-electron chi connectivity index (χ4n) is 2.52. The van der Waals surface area contributed by atoms with Gasteiger partial charge in [-0.3, -0.25) is 0 Å². The van der Waals surface area contributed by atoms with E-state index in [2.05, 4.69) is 10.1 Å². The number of hydrogen-bond acceptors (Lipinski definition) is 2. The Bertz CT molecular complexity index is 949. The van der Waals surface area contributed by atoms with Crippen molar-refractivity contribution >= 4 is 29.3 Å². The van der Waals surface area contributed by atoms with Crippen LogP contribution in [0.4, 0.5) is 17.6 Å². The van der Waals surface area contributed by atoms with Crippen molar-refractivity contribution in [2.45, 2.75) is 12.1 Å².